The van der Waals surface area contributed by atoms with Gasteiger partial charge >= 0.3 is 0 Å². The van der Waals surface area contributed by atoms with Crippen LogP contribution < -0.4 is 4.74 Å². The molecule has 1 heterocycles. The Morgan fingerprint density at radius 3 is 2.52 bits per heavy atom. The van der Waals surface area contributed by atoms with Gasteiger partial charge in [-0.1, -0.05) is 25.1 Å². The molecule has 0 N–H and O–H groups in total. The zero-order valence-corrected chi connectivity index (χ0v) is 13.7. The topological polar surface area (TPSA) is 9.23 Å². The van der Waals surface area contributed by atoms with Gasteiger partial charge in [0.1, 0.15) is 5.75 Å². The highest BCUT2D eigenvalue weighted by Gasteiger charge is 2.13. The fraction of sp³-hybridized carbons (Fsp3) is 0.222. The summed E-state index contributed by atoms with van der Waals surface area (Å²) in [7, 11) is 1.69. The quantitative estimate of drug-likeness (QED) is 0.553. The maximum atomic E-state index is 6.65. The number of halogens is 1. The van der Waals surface area contributed by atoms with Crippen molar-refractivity contribution in [1.82, 2.24) is 0 Å². The molecule has 1 unspecified atom stereocenters. The molecule has 3 aromatic rings. The van der Waals surface area contributed by atoms with E-state index in [4.69, 9.17) is 16.3 Å². The Kier molecular flexibility index (Phi) is 4.18. The summed E-state index contributed by atoms with van der Waals surface area (Å²) in [5.41, 5.74) is 1.14. The second-order valence-electron chi connectivity index (χ2n) is 4.99. The maximum Gasteiger partial charge on any atom is 0.119 e. The number of ether oxygens (including phenoxy) is 1. The van der Waals surface area contributed by atoms with Crippen LogP contribution in [0.4, 0.5) is 0 Å². The smallest absolute Gasteiger partial charge is 0.119 e. The number of rotatable bonds is 4. The van der Waals surface area contributed by atoms with Crippen LogP contribution in [0, 0.1) is 0 Å². The Morgan fingerprint density at radius 2 is 1.81 bits per heavy atom. The van der Waals surface area contributed by atoms with E-state index >= 15 is 0 Å². The Morgan fingerprint density at radius 1 is 1.05 bits per heavy atom. The number of thiophene rings is 1. The van der Waals surface area contributed by atoms with E-state index in [0.29, 0.717) is 0 Å². The number of fused-ring (bicyclic) bond motifs is 1. The summed E-state index contributed by atoms with van der Waals surface area (Å²) in [6.07, 6.45) is 1.06. The third kappa shape index (κ3) is 2.92. The molecule has 0 saturated carbocycles. The summed E-state index contributed by atoms with van der Waals surface area (Å²) in [5.74, 6) is 0.878. The van der Waals surface area contributed by atoms with E-state index in [0.717, 1.165) is 17.7 Å². The number of hydrogen-bond donors (Lipinski definition) is 0. The molecule has 0 radical (unpaired) electrons. The molecule has 108 valence electrons. The van der Waals surface area contributed by atoms with Gasteiger partial charge in [-0.25, -0.2) is 0 Å². The average Bonchev–Trinajstić information content (AvgIpc) is 3.02. The zero-order valence-electron chi connectivity index (χ0n) is 12.1. The van der Waals surface area contributed by atoms with Crippen LogP contribution >= 0.6 is 22.9 Å². The van der Waals surface area contributed by atoms with E-state index in [1.54, 1.807) is 18.4 Å². The summed E-state index contributed by atoms with van der Waals surface area (Å²) in [5, 5.41) is 2.27. The lowest BCUT2D eigenvalue weighted by molar-refractivity contribution is 0.415. The van der Waals surface area contributed by atoms with Gasteiger partial charge in [0.2, 0.25) is 0 Å². The molecule has 3 rings (SSSR count). The van der Waals surface area contributed by atoms with Gasteiger partial charge in [-0.2, -0.15) is 0 Å². The van der Waals surface area contributed by atoms with Crippen molar-refractivity contribution in [1.29, 1.82) is 0 Å². The molecule has 0 bridgehead atoms. The molecule has 1 aromatic heterocycles. The first-order valence-electron chi connectivity index (χ1n) is 7.01. The van der Waals surface area contributed by atoms with Crippen LogP contribution in [-0.2, 0) is 6.42 Å². The highest BCUT2D eigenvalue weighted by molar-refractivity contribution is 7.12. The summed E-state index contributed by atoms with van der Waals surface area (Å²) < 4.78 is 5.26. The van der Waals surface area contributed by atoms with Gasteiger partial charge in [0.05, 0.1) is 12.5 Å². The first-order valence-corrected chi connectivity index (χ1v) is 8.27. The first kappa shape index (κ1) is 14.4. The molecular weight excluding hydrogens is 300 g/mol. The average molecular weight is 317 g/mol. The monoisotopic (exact) mass is 316 g/mol. The SMILES string of the molecule is CCc1ccc(C(Cl)c2ccc3cc(OC)ccc3c2)s1. The Labute approximate surface area is 134 Å². The van der Waals surface area contributed by atoms with Crippen LogP contribution in [0.5, 0.6) is 5.75 Å². The zero-order chi connectivity index (χ0) is 14.8. The van der Waals surface area contributed by atoms with Crippen molar-refractivity contribution in [2.45, 2.75) is 18.7 Å². The van der Waals surface area contributed by atoms with E-state index in [1.165, 1.54) is 20.5 Å². The van der Waals surface area contributed by atoms with Crippen LogP contribution in [0.15, 0.2) is 48.5 Å². The second kappa shape index (κ2) is 6.08. The molecule has 1 atom stereocenters. The number of hydrogen-bond acceptors (Lipinski definition) is 2. The Balaban J connectivity index is 1.96. The second-order valence-corrected chi connectivity index (χ2v) is 6.63. The Bertz CT molecular complexity index is 763. The number of aryl methyl sites for hydroxylation is 1. The highest BCUT2D eigenvalue weighted by atomic mass is 35.5. The van der Waals surface area contributed by atoms with Crippen molar-refractivity contribution in [3.63, 3.8) is 0 Å². The van der Waals surface area contributed by atoms with Gasteiger partial charge < -0.3 is 4.74 Å². The molecule has 0 saturated heterocycles. The minimum Gasteiger partial charge on any atom is -0.497 e. The predicted molar refractivity (Wildman–Crippen MR) is 91.9 cm³/mol. The van der Waals surface area contributed by atoms with E-state index < -0.39 is 0 Å². The van der Waals surface area contributed by atoms with Gasteiger partial charge in [0.25, 0.3) is 0 Å². The molecule has 0 aliphatic rings. The van der Waals surface area contributed by atoms with Crippen molar-refractivity contribution in [2.24, 2.45) is 0 Å². The fourth-order valence-electron chi connectivity index (χ4n) is 2.41. The molecule has 0 spiro atoms. The van der Waals surface area contributed by atoms with Gasteiger partial charge in [0.15, 0.2) is 0 Å². The Hall–Kier alpha value is -1.51. The van der Waals surface area contributed by atoms with E-state index in [1.807, 2.05) is 12.1 Å². The van der Waals surface area contributed by atoms with E-state index in [-0.39, 0.29) is 5.38 Å². The van der Waals surface area contributed by atoms with Crippen LogP contribution in [0.25, 0.3) is 10.8 Å². The molecule has 0 aliphatic heterocycles. The lowest BCUT2D eigenvalue weighted by Crippen LogP contribution is -1.90. The summed E-state index contributed by atoms with van der Waals surface area (Å²) in [4.78, 5) is 2.59. The predicted octanol–water partition coefficient (Wildman–Crippen LogP) is 5.80. The summed E-state index contributed by atoms with van der Waals surface area (Å²) in [6.45, 7) is 2.17. The van der Waals surface area contributed by atoms with Crippen LogP contribution in [0.2, 0.25) is 0 Å². The molecule has 2 aromatic carbocycles. The lowest BCUT2D eigenvalue weighted by atomic mass is 10.0. The maximum absolute atomic E-state index is 6.65. The number of methoxy groups -OCH3 is 1. The van der Waals surface area contributed by atoms with Crippen LogP contribution in [0.3, 0.4) is 0 Å². The van der Waals surface area contributed by atoms with Crippen molar-refractivity contribution in [2.75, 3.05) is 7.11 Å². The lowest BCUT2D eigenvalue weighted by Gasteiger charge is -2.10. The minimum absolute atomic E-state index is 0.0817. The number of benzene rings is 2. The van der Waals surface area contributed by atoms with Crippen LogP contribution in [-0.4, -0.2) is 7.11 Å². The van der Waals surface area contributed by atoms with Crippen molar-refractivity contribution in [3.05, 3.63) is 63.8 Å². The van der Waals surface area contributed by atoms with Crippen molar-refractivity contribution in [3.8, 4) is 5.75 Å². The van der Waals surface area contributed by atoms with Crippen LogP contribution in [0.1, 0.15) is 27.6 Å². The number of alkyl halides is 1. The van der Waals surface area contributed by atoms with Gasteiger partial charge in [-0.3, -0.25) is 0 Å². The first-order chi connectivity index (χ1) is 10.2. The molecule has 0 aliphatic carbocycles. The van der Waals surface area contributed by atoms with Gasteiger partial charge in [0, 0.05) is 9.75 Å². The minimum atomic E-state index is -0.0817. The molecular formula is C18H17ClOS. The molecule has 21 heavy (non-hydrogen) atoms. The van der Waals surface area contributed by atoms with E-state index in [9.17, 15) is 0 Å². The van der Waals surface area contributed by atoms with Gasteiger partial charge in [-0.15, -0.1) is 22.9 Å². The largest absolute Gasteiger partial charge is 0.497 e. The van der Waals surface area contributed by atoms with Gasteiger partial charge in [-0.05, 0) is 53.1 Å². The highest BCUT2D eigenvalue weighted by Crippen LogP contribution is 2.35. The standard InChI is InChI=1S/C18H17ClOS/c1-3-16-8-9-17(21-16)18(19)14-5-4-13-11-15(20-2)7-6-12(13)10-14/h4-11,18H,3H2,1-2H3. The summed E-state index contributed by atoms with van der Waals surface area (Å²) in [6, 6.07) is 16.8. The molecule has 3 heteroatoms. The third-order valence-corrected chi connectivity index (χ3v) is 5.56. The molecule has 0 fully saturated rings. The van der Waals surface area contributed by atoms with E-state index in [2.05, 4.69) is 43.3 Å². The third-order valence-electron chi connectivity index (χ3n) is 3.64. The van der Waals surface area contributed by atoms with Crippen molar-refractivity contribution < 1.29 is 4.74 Å². The normalized spacial score (nSPS) is 12.5. The fourth-order valence-corrected chi connectivity index (χ4v) is 3.71. The summed E-state index contributed by atoms with van der Waals surface area (Å²) >= 11 is 8.44. The molecule has 0 amide bonds. The molecule has 1 nitrogen and oxygen atoms in total. The van der Waals surface area contributed by atoms with Crippen molar-refractivity contribution >= 4 is 33.7 Å².